The zero-order valence-corrected chi connectivity index (χ0v) is 14.7. The predicted molar refractivity (Wildman–Crippen MR) is 91.7 cm³/mol. The summed E-state index contributed by atoms with van der Waals surface area (Å²) >= 11 is 0. The molecule has 0 fully saturated rings. The van der Waals surface area contributed by atoms with E-state index in [1.54, 1.807) is 26.0 Å². The SMILES string of the molecule is CC(C)[C@@H](C(=O)OCC(=O)Nc1ccon1)N1C(=O)c2ccccc2C1=O. The number of anilines is 1. The van der Waals surface area contributed by atoms with Gasteiger partial charge in [0.15, 0.2) is 12.4 Å². The molecule has 0 saturated carbocycles. The molecule has 0 spiro atoms. The fraction of sp³-hybridized carbons (Fsp3) is 0.278. The van der Waals surface area contributed by atoms with Crippen molar-refractivity contribution in [2.24, 2.45) is 5.92 Å². The van der Waals surface area contributed by atoms with Crippen molar-refractivity contribution in [2.45, 2.75) is 19.9 Å². The van der Waals surface area contributed by atoms with Crippen LogP contribution in [0.1, 0.15) is 34.6 Å². The molecule has 0 unspecified atom stereocenters. The van der Waals surface area contributed by atoms with E-state index in [-0.39, 0.29) is 16.9 Å². The van der Waals surface area contributed by atoms with Crippen LogP contribution < -0.4 is 5.32 Å². The molecule has 1 aromatic heterocycles. The smallest absolute Gasteiger partial charge is 0.330 e. The lowest BCUT2D eigenvalue weighted by Crippen LogP contribution is -2.49. The third kappa shape index (κ3) is 3.57. The van der Waals surface area contributed by atoms with Crippen molar-refractivity contribution in [3.8, 4) is 0 Å². The molecular formula is C18H17N3O6. The van der Waals surface area contributed by atoms with Crippen molar-refractivity contribution in [1.29, 1.82) is 0 Å². The number of ether oxygens (including phenoxy) is 1. The van der Waals surface area contributed by atoms with Crippen LogP contribution in [0.3, 0.4) is 0 Å². The molecule has 1 aliphatic rings. The van der Waals surface area contributed by atoms with E-state index in [9.17, 15) is 19.2 Å². The Hall–Kier alpha value is -3.49. The van der Waals surface area contributed by atoms with Crippen LogP contribution in [0.5, 0.6) is 0 Å². The molecule has 3 rings (SSSR count). The lowest BCUT2D eigenvalue weighted by molar-refractivity contribution is -0.152. The van der Waals surface area contributed by atoms with Gasteiger partial charge < -0.3 is 14.6 Å². The second kappa shape index (κ2) is 7.40. The van der Waals surface area contributed by atoms with Crippen molar-refractivity contribution in [1.82, 2.24) is 10.1 Å². The maximum atomic E-state index is 12.6. The average Bonchev–Trinajstić information content (AvgIpc) is 3.23. The molecule has 0 aliphatic carbocycles. The summed E-state index contributed by atoms with van der Waals surface area (Å²) in [6.07, 6.45) is 1.28. The van der Waals surface area contributed by atoms with E-state index in [4.69, 9.17) is 4.74 Å². The fourth-order valence-electron chi connectivity index (χ4n) is 2.81. The van der Waals surface area contributed by atoms with Gasteiger partial charge in [0.2, 0.25) is 0 Å². The molecule has 1 aromatic carbocycles. The normalized spacial score (nSPS) is 14.3. The topological polar surface area (TPSA) is 119 Å². The van der Waals surface area contributed by atoms with Gasteiger partial charge in [-0.2, -0.15) is 0 Å². The van der Waals surface area contributed by atoms with E-state index in [0.717, 1.165) is 4.90 Å². The summed E-state index contributed by atoms with van der Waals surface area (Å²) in [5.41, 5.74) is 0.481. The maximum absolute atomic E-state index is 12.6. The number of benzene rings is 1. The summed E-state index contributed by atoms with van der Waals surface area (Å²) in [7, 11) is 0. The second-order valence-corrected chi connectivity index (χ2v) is 6.26. The van der Waals surface area contributed by atoms with E-state index < -0.39 is 42.3 Å². The Kier molecular flexibility index (Phi) is 5.02. The first-order valence-corrected chi connectivity index (χ1v) is 8.24. The Labute approximate surface area is 154 Å². The first kappa shape index (κ1) is 18.3. The van der Waals surface area contributed by atoms with E-state index in [2.05, 4.69) is 15.0 Å². The Morgan fingerprint density at radius 1 is 1.15 bits per heavy atom. The van der Waals surface area contributed by atoms with E-state index in [1.165, 1.54) is 24.5 Å². The van der Waals surface area contributed by atoms with Gasteiger partial charge in [0.05, 0.1) is 11.1 Å². The van der Waals surface area contributed by atoms with E-state index >= 15 is 0 Å². The van der Waals surface area contributed by atoms with E-state index in [1.807, 2.05) is 0 Å². The molecule has 0 radical (unpaired) electrons. The highest BCUT2D eigenvalue weighted by Crippen LogP contribution is 2.27. The first-order chi connectivity index (χ1) is 12.9. The second-order valence-electron chi connectivity index (χ2n) is 6.26. The zero-order chi connectivity index (χ0) is 19.6. The van der Waals surface area contributed by atoms with Crippen LogP contribution in [-0.4, -0.2) is 46.4 Å². The number of fused-ring (bicyclic) bond motifs is 1. The number of esters is 1. The minimum absolute atomic E-state index is 0.178. The number of carbonyl (C=O) groups is 4. The largest absolute Gasteiger partial charge is 0.454 e. The quantitative estimate of drug-likeness (QED) is 0.603. The van der Waals surface area contributed by atoms with Gasteiger partial charge in [-0.1, -0.05) is 31.1 Å². The number of imide groups is 1. The molecule has 9 heteroatoms. The van der Waals surface area contributed by atoms with Gasteiger partial charge in [-0.15, -0.1) is 0 Å². The number of amides is 3. The number of nitrogens with zero attached hydrogens (tertiary/aromatic N) is 2. The average molecular weight is 371 g/mol. The lowest BCUT2D eigenvalue weighted by atomic mass is 10.0. The summed E-state index contributed by atoms with van der Waals surface area (Å²) in [6.45, 7) is 2.79. The van der Waals surface area contributed by atoms with Crippen LogP contribution in [0, 0.1) is 5.92 Å². The van der Waals surface area contributed by atoms with Gasteiger partial charge >= 0.3 is 5.97 Å². The Morgan fingerprint density at radius 2 is 1.78 bits per heavy atom. The third-order valence-corrected chi connectivity index (χ3v) is 4.03. The molecule has 9 nitrogen and oxygen atoms in total. The minimum atomic E-state index is -1.14. The monoisotopic (exact) mass is 371 g/mol. The summed E-state index contributed by atoms with van der Waals surface area (Å²) in [5, 5.41) is 5.89. The van der Waals surface area contributed by atoms with Crippen LogP contribution in [-0.2, 0) is 14.3 Å². The molecule has 0 bridgehead atoms. The molecule has 2 heterocycles. The minimum Gasteiger partial charge on any atom is -0.454 e. The fourth-order valence-corrected chi connectivity index (χ4v) is 2.81. The first-order valence-electron chi connectivity index (χ1n) is 8.24. The Bertz CT molecular complexity index is 855. The van der Waals surface area contributed by atoms with Crippen molar-refractivity contribution in [2.75, 3.05) is 11.9 Å². The molecular weight excluding hydrogens is 354 g/mol. The summed E-state index contributed by atoms with van der Waals surface area (Å²) < 4.78 is 9.61. The molecule has 2 aromatic rings. The summed E-state index contributed by atoms with van der Waals surface area (Å²) in [4.78, 5) is 50.5. The predicted octanol–water partition coefficient (Wildman–Crippen LogP) is 1.48. The molecule has 140 valence electrons. The zero-order valence-electron chi connectivity index (χ0n) is 14.7. The number of nitrogens with one attached hydrogen (secondary N) is 1. The summed E-state index contributed by atoms with van der Waals surface area (Å²) in [5.74, 6) is -2.80. The standard InChI is InChI=1S/C18H17N3O6/c1-10(2)15(18(25)26-9-14(22)19-13-7-8-27-20-13)21-16(23)11-5-3-4-6-12(11)17(21)24/h3-8,10,15H,9H2,1-2H3,(H,19,20,22)/t15-/m0/s1. The number of rotatable bonds is 6. The third-order valence-electron chi connectivity index (χ3n) is 4.03. The van der Waals surface area contributed by atoms with Gasteiger partial charge in [0.1, 0.15) is 12.3 Å². The van der Waals surface area contributed by atoms with Gasteiger partial charge in [-0.3, -0.25) is 19.3 Å². The van der Waals surface area contributed by atoms with Crippen molar-refractivity contribution >= 4 is 29.5 Å². The highest BCUT2D eigenvalue weighted by molar-refractivity contribution is 6.22. The molecule has 1 aliphatic heterocycles. The van der Waals surface area contributed by atoms with Gasteiger partial charge in [-0.05, 0) is 18.1 Å². The van der Waals surface area contributed by atoms with Crippen LogP contribution in [0.4, 0.5) is 5.82 Å². The van der Waals surface area contributed by atoms with Gasteiger partial charge in [-0.25, -0.2) is 4.79 Å². The van der Waals surface area contributed by atoms with E-state index in [0.29, 0.717) is 0 Å². The number of carbonyl (C=O) groups excluding carboxylic acids is 4. The van der Waals surface area contributed by atoms with Crippen LogP contribution in [0.15, 0.2) is 41.1 Å². The van der Waals surface area contributed by atoms with Crippen molar-refractivity contribution in [3.05, 3.63) is 47.7 Å². The summed E-state index contributed by atoms with van der Waals surface area (Å²) in [6, 6.07) is 6.63. The lowest BCUT2D eigenvalue weighted by Gasteiger charge is -2.27. The van der Waals surface area contributed by atoms with Gasteiger partial charge in [0.25, 0.3) is 17.7 Å². The van der Waals surface area contributed by atoms with Crippen LogP contribution in [0.25, 0.3) is 0 Å². The Balaban J connectivity index is 1.70. The molecule has 3 amide bonds. The highest BCUT2D eigenvalue weighted by Gasteiger charge is 2.44. The molecule has 1 atom stereocenters. The number of hydrogen-bond donors (Lipinski definition) is 1. The molecule has 1 N–H and O–H groups in total. The molecule has 27 heavy (non-hydrogen) atoms. The number of aromatic nitrogens is 1. The van der Waals surface area contributed by atoms with Crippen molar-refractivity contribution < 1.29 is 28.4 Å². The Morgan fingerprint density at radius 3 is 2.30 bits per heavy atom. The van der Waals surface area contributed by atoms with Crippen molar-refractivity contribution in [3.63, 3.8) is 0 Å². The molecule has 0 saturated heterocycles. The number of hydrogen-bond acceptors (Lipinski definition) is 7. The van der Waals surface area contributed by atoms with Crippen LogP contribution in [0.2, 0.25) is 0 Å². The van der Waals surface area contributed by atoms with Gasteiger partial charge in [0, 0.05) is 6.07 Å². The van der Waals surface area contributed by atoms with Crippen LogP contribution >= 0.6 is 0 Å². The highest BCUT2D eigenvalue weighted by atomic mass is 16.5. The maximum Gasteiger partial charge on any atom is 0.330 e.